The summed E-state index contributed by atoms with van der Waals surface area (Å²) in [4.78, 5) is 2.32. The molecule has 0 saturated heterocycles. The average molecular weight is 375 g/mol. The van der Waals surface area contributed by atoms with Gasteiger partial charge in [0.05, 0.1) is 13.2 Å². The Morgan fingerprint density at radius 3 is 2.67 bits per heavy atom. The van der Waals surface area contributed by atoms with Crippen LogP contribution in [-0.4, -0.2) is 54.6 Å². The normalized spacial score (nSPS) is 12.7. The smallest absolute Gasteiger partial charge is 0.119 e. The third-order valence-electron chi connectivity index (χ3n) is 4.83. The molecule has 1 unspecified atom stereocenters. The highest BCUT2D eigenvalue weighted by atomic mass is 16.5. The van der Waals surface area contributed by atoms with Gasteiger partial charge in [0, 0.05) is 51.8 Å². The van der Waals surface area contributed by atoms with E-state index in [1.165, 1.54) is 11.3 Å². The Morgan fingerprint density at radius 1 is 1.15 bits per heavy atom. The number of hydrogen-bond acceptors (Lipinski definition) is 4. The van der Waals surface area contributed by atoms with Gasteiger partial charge in [0.2, 0.25) is 0 Å². The molecule has 0 aliphatic heterocycles. The van der Waals surface area contributed by atoms with Gasteiger partial charge in [-0.2, -0.15) is 0 Å². The van der Waals surface area contributed by atoms with Gasteiger partial charge in [0.1, 0.15) is 5.75 Å². The predicted molar refractivity (Wildman–Crippen MR) is 109 cm³/mol. The topological polar surface area (TPSA) is 46.9 Å². The van der Waals surface area contributed by atoms with Crippen molar-refractivity contribution in [2.75, 3.05) is 33.9 Å². The quantitative estimate of drug-likeness (QED) is 0.579. The molecule has 150 valence electrons. The summed E-state index contributed by atoms with van der Waals surface area (Å²) in [5, 5.41) is 10.4. The first-order valence-corrected chi connectivity index (χ1v) is 9.69. The summed E-state index contributed by atoms with van der Waals surface area (Å²) >= 11 is 0. The molecule has 0 radical (unpaired) electrons. The van der Waals surface area contributed by atoms with E-state index in [2.05, 4.69) is 53.8 Å². The molecule has 5 heteroatoms. The molecular formula is C22H34N2O3. The van der Waals surface area contributed by atoms with Gasteiger partial charge >= 0.3 is 0 Å². The van der Waals surface area contributed by atoms with Gasteiger partial charge < -0.3 is 19.1 Å². The summed E-state index contributed by atoms with van der Waals surface area (Å²) in [6.45, 7) is 8.04. The lowest BCUT2D eigenvalue weighted by Crippen LogP contribution is -2.36. The van der Waals surface area contributed by atoms with Crippen LogP contribution >= 0.6 is 0 Å². The fraction of sp³-hybridized carbons (Fsp3) is 0.545. The summed E-state index contributed by atoms with van der Waals surface area (Å²) in [5.74, 6) is 1.13. The van der Waals surface area contributed by atoms with Gasteiger partial charge in [-0.15, -0.1) is 0 Å². The fourth-order valence-corrected chi connectivity index (χ4v) is 3.09. The van der Waals surface area contributed by atoms with E-state index in [1.54, 1.807) is 14.2 Å². The van der Waals surface area contributed by atoms with Gasteiger partial charge in [0.15, 0.2) is 0 Å². The number of nitrogens with zero attached hydrogens (tertiary/aromatic N) is 2. The first-order valence-electron chi connectivity index (χ1n) is 9.69. The zero-order valence-corrected chi connectivity index (χ0v) is 17.1. The Morgan fingerprint density at radius 2 is 1.96 bits per heavy atom. The van der Waals surface area contributed by atoms with Crippen LogP contribution in [0.1, 0.15) is 31.5 Å². The zero-order chi connectivity index (χ0) is 19.6. The lowest BCUT2D eigenvalue weighted by Gasteiger charge is -2.27. The highest BCUT2D eigenvalue weighted by Gasteiger charge is 2.16. The monoisotopic (exact) mass is 374 g/mol. The summed E-state index contributed by atoms with van der Waals surface area (Å²) in [7, 11) is 3.42. The van der Waals surface area contributed by atoms with Crippen LogP contribution in [0.25, 0.3) is 0 Å². The second-order valence-electron chi connectivity index (χ2n) is 7.37. The van der Waals surface area contributed by atoms with Gasteiger partial charge in [-0.1, -0.05) is 26.0 Å². The molecule has 1 atom stereocenters. The van der Waals surface area contributed by atoms with E-state index in [0.717, 1.165) is 38.4 Å². The van der Waals surface area contributed by atoms with E-state index in [-0.39, 0.29) is 12.0 Å². The van der Waals surface area contributed by atoms with Crippen molar-refractivity contribution in [3.8, 4) is 5.75 Å². The van der Waals surface area contributed by atoms with Gasteiger partial charge in [0.25, 0.3) is 0 Å². The van der Waals surface area contributed by atoms with E-state index in [0.29, 0.717) is 6.54 Å². The number of ether oxygens (including phenoxy) is 2. The van der Waals surface area contributed by atoms with Crippen LogP contribution in [0, 0.1) is 5.92 Å². The van der Waals surface area contributed by atoms with Crippen molar-refractivity contribution in [1.82, 2.24) is 9.47 Å². The maximum atomic E-state index is 10.4. The van der Waals surface area contributed by atoms with Crippen molar-refractivity contribution in [1.29, 1.82) is 0 Å². The minimum Gasteiger partial charge on any atom is -0.497 e. The zero-order valence-electron chi connectivity index (χ0n) is 17.1. The molecule has 0 aliphatic carbocycles. The van der Waals surface area contributed by atoms with E-state index >= 15 is 0 Å². The summed E-state index contributed by atoms with van der Waals surface area (Å²) in [6.07, 6.45) is 2.74. The lowest BCUT2D eigenvalue weighted by atomic mass is 10.1. The second-order valence-corrected chi connectivity index (χ2v) is 7.37. The van der Waals surface area contributed by atoms with Crippen molar-refractivity contribution in [3.05, 3.63) is 53.9 Å². The molecule has 27 heavy (non-hydrogen) atoms. The third kappa shape index (κ3) is 7.01. The first kappa shape index (κ1) is 21.5. The summed E-state index contributed by atoms with van der Waals surface area (Å²) in [6, 6.07) is 12.4. The lowest BCUT2D eigenvalue weighted by molar-refractivity contribution is 0.0674. The summed E-state index contributed by atoms with van der Waals surface area (Å²) < 4.78 is 12.8. The van der Waals surface area contributed by atoms with Crippen LogP contribution < -0.4 is 4.74 Å². The largest absolute Gasteiger partial charge is 0.497 e. The number of benzene rings is 1. The number of rotatable bonds is 12. The summed E-state index contributed by atoms with van der Waals surface area (Å²) in [5.41, 5.74) is 2.45. The van der Waals surface area contributed by atoms with Crippen LogP contribution in [0.3, 0.4) is 0 Å². The molecule has 0 fully saturated rings. The van der Waals surface area contributed by atoms with E-state index in [1.807, 2.05) is 12.1 Å². The molecule has 0 bridgehead atoms. The van der Waals surface area contributed by atoms with Crippen LogP contribution in [0.4, 0.5) is 0 Å². The number of methoxy groups -OCH3 is 2. The van der Waals surface area contributed by atoms with Crippen molar-refractivity contribution < 1.29 is 14.6 Å². The molecule has 1 aromatic carbocycles. The minimum absolute atomic E-state index is 0.249. The van der Waals surface area contributed by atoms with Gasteiger partial charge in [-0.05, 0) is 42.2 Å². The maximum Gasteiger partial charge on any atom is 0.119 e. The maximum absolute atomic E-state index is 10.4. The van der Waals surface area contributed by atoms with E-state index < -0.39 is 0 Å². The van der Waals surface area contributed by atoms with E-state index in [4.69, 9.17) is 9.47 Å². The van der Waals surface area contributed by atoms with Gasteiger partial charge in [-0.25, -0.2) is 0 Å². The number of aliphatic hydroxyl groups is 1. The molecule has 0 aliphatic rings. The second kappa shape index (κ2) is 11.1. The van der Waals surface area contributed by atoms with Crippen molar-refractivity contribution in [3.63, 3.8) is 0 Å². The molecular weight excluding hydrogens is 340 g/mol. The molecule has 0 spiro atoms. The van der Waals surface area contributed by atoms with Crippen LogP contribution in [0.15, 0.2) is 42.6 Å². The SMILES string of the molecule is COCCCN(Cc1cccn1Cc1cccc(OC)c1)CC(O)C(C)C. The van der Waals surface area contributed by atoms with Crippen LogP contribution in [0.2, 0.25) is 0 Å². The third-order valence-corrected chi connectivity index (χ3v) is 4.83. The molecule has 1 N–H and O–H groups in total. The van der Waals surface area contributed by atoms with Crippen molar-refractivity contribution >= 4 is 0 Å². The highest BCUT2D eigenvalue weighted by molar-refractivity contribution is 5.29. The van der Waals surface area contributed by atoms with Crippen molar-refractivity contribution in [2.24, 2.45) is 5.92 Å². The van der Waals surface area contributed by atoms with Gasteiger partial charge in [-0.3, -0.25) is 4.90 Å². The molecule has 2 aromatic rings. The molecule has 0 saturated carbocycles. The Balaban J connectivity index is 2.07. The van der Waals surface area contributed by atoms with Crippen LogP contribution in [0.5, 0.6) is 5.75 Å². The Kier molecular flexibility index (Phi) is 8.85. The number of aliphatic hydroxyl groups excluding tert-OH is 1. The Hall–Kier alpha value is -1.82. The molecule has 0 amide bonds. The van der Waals surface area contributed by atoms with Crippen molar-refractivity contribution in [2.45, 2.75) is 39.5 Å². The first-order chi connectivity index (χ1) is 13.0. The van der Waals surface area contributed by atoms with E-state index in [9.17, 15) is 5.11 Å². The number of hydrogen-bond donors (Lipinski definition) is 1. The predicted octanol–water partition coefficient (Wildman–Crippen LogP) is 3.40. The minimum atomic E-state index is -0.325. The fourth-order valence-electron chi connectivity index (χ4n) is 3.09. The molecule has 5 nitrogen and oxygen atoms in total. The standard InChI is InChI=1S/C22H34N2O3/c1-18(2)22(25)17-23(11-7-13-26-3)16-20-9-6-12-24(20)15-19-8-5-10-21(14-19)27-4/h5-6,8-10,12,14,18,22,25H,7,11,13,15-17H2,1-4H3. The molecule has 1 heterocycles. The Labute approximate surface area is 163 Å². The highest BCUT2D eigenvalue weighted by Crippen LogP contribution is 2.16. The molecule has 1 aromatic heterocycles. The number of aromatic nitrogens is 1. The average Bonchev–Trinajstić information content (AvgIpc) is 3.08. The Bertz CT molecular complexity index is 669. The van der Waals surface area contributed by atoms with Crippen LogP contribution in [-0.2, 0) is 17.8 Å². The molecule has 2 rings (SSSR count).